The van der Waals surface area contributed by atoms with Crippen molar-refractivity contribution in [1.82, 2.24) is 0 Å². The summed E-state index contributed by atoms with van der Waals surface area (Å²) in [6.07, 6.45) is 2.76. The molecule has 0 N–H and O–H groups in total. The molecule has 5 rings (SSSR count). The number of aryl methyl sites for hydroxylation is 1. The summed E-state index contributed by atoms with van der Waals surface area (Å²) in [4.78, 5) is 53.5. The third-order valence-corrected chi connectivity index (χ3v) is 9.04. The van der Waals surface area contributed by atoms with Crippen LogP contribution in [0.2, 0.25) is 0 Å². The first-order valence-electron chi connectivity index (χ1n) is 12.7. The standard InChI is InChI=1S/C29H32O8/c1-16-5-7-17(8-6-16)25(31)36-21-13-20(26(32)34-4)28(2)11-9-19-27(33)37-22(18-10-12-35-15-18)14-29(19,3)24(28)23(21)30/h5-8,10,12,15,19-22,24H,9,11,13-14H2,1-4H3/t19-,20-,21-,22-,24-,28-,29-/m0/s1. The molecule has 1 aliphatic heterocycles. The Balaban J connectivity index is 1.53. The molecule has 2 saturated carbocycles. The van der Waals surface area contributed by atoms with Crippen molar-refractivity contribution in [3.8, 4) is 0 Å². The fourth-order valence-corrected chi connectivity index (χ4v) is 7.15. The summed E-state index contributed by atoms with van der Waals surface area (Å²) in [5.41, 5.74) is 0.457. The molecular weight excluding hydrogens is 476 g/mol. The van der Waals surface area contributed by atoms with Crippen molar-refractivity contribution in [2.75, 3.05) is 7.11 Å². The van der Waals surface area contributed by atoms with E-state index in [4.69, 9.17) is 18.6 Å². The van der Waals surface area contributed by atoms with Gasteiger partial charge in [-0.15, -0.1) is 0 Å². The molecule has 2 aliphatic carbocycles. The van der Waals surface area contributed by atoms with E-state index in [2.05, 4.69) is 0 Å². The molecule has 196 valence electrons. The summed E-state index contributed by atoms with van der Waals surface area (Å²) >= 11 is 0. The molecule has 1 saturated heterocycles. The molecule has 0 unspecified atom stereocenters. The zero-order valence-corrected chi connectivity index (χ0v) is 21.5. The zero-order chi connectivity index (χ0) is 26.5. The van der Waals surface area contributed by atoms with Crippen LogP contribution in [0.15, 0.2) is 47.3 Å². The van der Waals surface area contributed by atoms with Gasteiger partial charge in [0.1, 0.15) is 6.10 Å². The van der Waals surface area contributed by atoms with Crippen molar-refractivity contribution in [3.63, 3.8) is 0 Å². The van der Waals surface area contributed by atoms with Crippen LogP contribution in [0.5, 0.6) is 0 Å². The average Bonchev–Trinajstić information content (AvgIpc) is 3.40. The predicted molar refractivity (Wildman–Crippen MR) is 130 cm³/mol. The second kappa shape index (κ2) is 9.15. The predicted octanol–water partition coefficient (Wildman–Crippen LogP) is 4.60. The number of cyclic esters (lactones) is 1. The van der Waals surface area contributed by atoms with Crippen molar-refractivity contribution >= 4 is 23.7 Å². The fourth-order valence-electron chi connectivity index (χ4n) is 7.15. The van der Waals surface area contributed by atoms with Crippen LogP contribution < -0.4 is 0 Å². The molecule has 0 spiro atoms. The maximum atomic E-state index is 14.2. The maximum absolute atomic E-state index is 14.2. The van der Waals surface area contributed by atoms with Crippen molar-refractivity contribution in [2.45, 2.75) is 58.7 Å². The number of esters is 3. The van der Waals surface area contributed by atoms with E-state index in [1.807, 2.05) is 20.8 Å². The maximum Gasteiger partial charge on any atom is 0.338 e. The van der Waals surface area contributed by atoms with Gasteiger partial charge in [-0.1, -0.05) is 31.5 Å². The second-order valence-electron chi connectivity index (χ2n) is 11.2. The van der Waals surface area contributed by atoms with E-state index >= 15 is 0 Å². The van der Waals surface area contributed by atoms with Crippen molar-refractivity contribution in [2.24, 2.45) is 28.6 Å². The van der Waals surface area contributed by atoms with Crippen molar-refractivity contribution < 1.29 is 37.8 Å². The summed E-state index contributed by atoms with van der Waals surface area (Å²) in [5.74, 6) is -3.57. The minimum Gasteiger partial charge on any atom is -0.472 e. The van der Waals surface area contributed by atoms with E-state index in [1.165, 1.54) is 19.6 Å². The summed E-state index contributed by atoms with van der Waals surface area (Å²) in [7, 11) is 1.32. The van der Waals surface area contributed by atoms with Gasteiger partial charge in [0, 0.05) is 17.9 Å². The molecule has 0 amide bonds. The molecule has 0 radical (unpaired) electrons. The molecule has 7 atom stereocenters. The number of fused-ring (bicyclic) bond motifs is 3. The largest absolute Gasteiger partial charge is 0.472 e. The summed E-state index contributed by atoms with van der Waals surface area (Å²) in [5, 5.41) is 0. The van der Waals surface area contributed by atoms with Crippen LogP contribution in [0, 0.1) is 35.5 Å². The Hall–Kier alpha value is -3.42. The lowest BCUT2D eigenvalue weighted by atomic mass is 9.43. The number of hydrogen-bond donors (Lipinski definition) is 0. The topological polar surface area (TPSA) is 109 Å². The van der Waals surface area contributed by atoms with Crippen molar-refractivity contribution in [1.29, 1.82) is 0 Å². The summed E-state index contributed by atoms with van der Waals surface area (Å²) in [6, 6.07) is 8.64. The highest BCUT2D eigenvalue weighted by molar-refractivity contribution is 5.96. The van der Waals surface area contributed by atoms with Crippen LogP contribution in [0.25, 0.3) is 0 Å². The van der Waals surface area contributed by atoms with Crippen LogP contribution >= 0.6 is 0 Å². The molecule has 1 aromatic carbocycles. The molecule has 2 heterocycles. The second-order valence-corrected chi connectivity index (χ2v) is 11.2. The van der Waals surface area contributed by atoms with Crippen LogP contribution in [-0.4, -0.2) is 36.9 Å². The normalized spacial score (nSPS) is 35.1. The SMILES string of the molecule is COC(=O)[C@@H]1C[C@H](OC(=O)c2ccc(C)cc2)C(=O)[C@H]2[C@@]1(C)CC[C@H]1C(=O)O[C@H](c3ccoc3)C[C@]21C. The molecule has 37 heavy (non-hydrogen) atoms. The average molecular weight is 509 g/mol. The lowest BCUT2D eigenvalue weighted by Crippen LogP contribution is -2.64. The third kappa shape index (κ3) is 4.06. The highest BCUT2D eigenvalue weighted by Gasteiger charge is 2.67. The molecule has 1 aromatic heterocycles. The molecule has 3 aliphatic rings. The minimum atomic E-state index is -1.13. The molecule has 2 aromatic rings. The highest BCUT2D eigenvalue weighted by Crippen LogP contribution is 2.65. The first-order valence-corrected chi connectivity index (χ1v) is 12.7. The zero-order valence-electron chi connectivity index (χ0n) is 21.5. The van der Waals surface area contributed by atoms with E-state index in [0.717, 1.165) is 11.1 Å². The number of carbonyl (C=O) groups excluding carboxylic acids is 4. The number of carbonyl (C=O) groups is 4. The van der Waals surface area contributed by atoms with Crippen LogP contribution in [0.1, 0.15) is 67.1 Å². The number of benzene rings is 1. The summed E-state index contributed by atoms with van der Waals surface area (Å²) in [6.45, 7) is 5.78. The quantitative estimate of drug-likeness (QED) is 0.435. The Labute approximate surface area is 215 Å². The molecule has 8 heteroatoms. The summed E-state index contributed by atoms with van der Waals surface area (Å²) < 4.78 is 21.9. The van der Waals surface area contributed by atoms with Gasteiger partial charge < -0.3 is 18.6 Å². The van der Waals surface area contributed by atoms with E-state index in [0.29, 0.717) is 24.8 Å². The number of furan rings is 1. The number of hydrogen-bond acceptors (Lipinski definition) is 8. The Morgan fingerprint density at radius 3 is 2.43 bits per heavy atom. The van der Waals surface area contributed by atoms with Gasteiger partial charge in [-0.2, -0.15) is 0 Å². The van der Waals surface area contributed by atoms with Crippen LogP contribution in [0.4, 0.5) is 0 Å². The third-order valence-electron chi connectivity index (χ3n) is 9.04. The van der Waals surface area contributed by atoms with Gasteiger partial charge in [-0.25, -0.2) is 4.79 Å². The molecular formula is C29H32O8. The first-order chi connectivity index (χ1) is 17.6. The van der Waals surface area contributed by atoms with Gasteiger partial charge in [0.05, 0.1) is 37.0 Å². The number of ketones is 1. The minimum absolute atomic E-state index is 0.0481. The number of Topliss-reactive ketones (excluding diaryl/α,β-unsaturated/α-hetero) is 1. The van der Waals surface area contributed by atoms with Gasteiger partial charge >= 0.3 is 17.9 Å². The Morgan fingerprint density at radius 2 is 1.78 bits per heavy atom. The van der Waals surface area contributed by atoms with Crippen molar-refractivity contribution in [3.05, 3.63) is 59.5 Å². The number of methoxy groups -OCH3 is 1. The molecule has 0 bridgehead atoms. The van der Waals surface area contributed by atoms with Gasteiger partial charge in [0.2, 0.25) is 0 Å². The van der Waals surface area contributed by atoms with Gasteiger partial charge in [-0.05, 0) is 55.2 Å². The monoisotopic (exact) mass is 508 g/mol. The smallest absolute Gasteiger partial charge is 0.338 e. The highest BCUT2D eigenvalue weighted by atomic mass is 16.6. The Morgan fingerprint density at radius 1 is 1.05 bits per heavy atom. The van der Waals surface area contributed by atoms with E-state index in [9.17, 15) is 19.2 Å². The molecule has 3 fully saturated rings. The lowest BCUT2D eigenvalue weighted by Gasteiger charge is -2.61. The Kier molecular flexibility index (Phi) is 6.24. The Bertz CT molecular complexity index is 1220. The van der Waals surface area contributed by atoms with Crippen LogP contribution in [-0.2, 0) is 28.6 Å². The fraction of sp³-hybridized carbons (Fsp3) is 0.517. The number of ether oxygens (including phenoxy) is 3. The lowest BCUT2D eigenvalue weighted by molar-refractivity contribution is -0.208. The van der Waals surface area contributed by atoms with Gasteiger partial charge in [0.25, 0.3) is 0 Å². The van der Waals surface area contributed by atoms with E-state index in [-0.39, 0.29) is 18.2 Å². The van der Waals surface area contributed by atoms with Gasteiger partial charge in [0.15, 0.2) is 11.9 Å². The number of rotatable bonds is 4. The first kappa shape index (κ1) is 25.2. The van der Waals surface area contributed by atoms with Gasteiger partial charge in [-0.3, -0.25) is 14.4 Å². The van der Waals surface area contributed by atoms with E-state index < -0.39 is 52.7 Å². The molecule has 8 nitrogen and oxygen atoms in total. The van der Waals surface area contributed by atoms with E-state index in [1.54, 1.807) is 30.3 Å². The van der Waals surface area contributed by atoms with Crippen LogP contribution in [0.3, 0.4) is 0 Å².